The van der Waals surface area contributed by atoms with E-state index in [0.717, 1.165) is 87.9 Å². The number of hydrogen-bond acceptors (Lipinski definition) is 8. The third-order valence-electron chi connectivity index (χ3n) is 7.77. The van der Waals surface area contributed by atoms with Crippen molar-refractivity contribution in [1.29, 1.82) is 0 Å². The molecule has 1 aromatic heterocycles. The third-order valence-corrected chi connectivity index (χ3v) is 7.77. The summed E-state index contributed by atoms with van der Waals surface area (Å²) in [4.78, 5) is 27.0. The van der Waals surface area contributed by atoms with Gasteiger partial charge in [-0.15, -0.1) is 0 Å². The van der Waals surface area contributed by atoms with E-state index in [0.29, 0.717) is 24.8 Å². The van der Waals surface area contributed by atoms with Crippen LogP contribution < -0.4 is 15.0 Å². The number of benzene rings is 2. The summed E-state index contributed by atoms with van der Waals surface area (Å²) in [5.41, 5.74) is 5.34. The van der Waals surface area contributed by atoms with Crippen molar-refractivity contribution in [3.05, 3.63) is 60.3 Å². The van der Waals surface area contributed by atoms with Gasteiger partial charge in [0.15, 0.2) is 0 Å². The van der Waals surface area contributed by atoms with E-state index in [2.05, 4.69) is 38.3 Å². The lowest BCUT2D eigenvalue weighted by atomic mass is 9.90. The van der Waals surface area contributed by atoms with Gasteiger partial charge in [-0.25, -0.2) is 9.97 Å². The van der Waals surface area contributed by atoms with Crippen molar-refractivity contribution < 1.29 is 14.3 Å². The third kappa shape index (κ3) is 5.81. The minimum absolute atomic E-state index is 0.162. The molecule has 198 valence electrons. The molecule has 0 aliphatic carbocycles. The number of ether oxygens (including phenoxy) is 2. The Kier molecular flexibility index (Phi) is 7.51. The minimum Gasteiger partial charge on any atom is -0.494 e. The van der Waals surface area contributed by atoms with Gasteiger partial charge in [-0.3, -0.25) is 9.69 Å². The molecule has 1 N–H and O–H groups in total. The zero-order valence-corrected chi connectivity index (χ0v) is 21.8. The summed E-state index contributed by atoms with van der Waals surface area (Å²) < 4.78 is 11.5. The Morgan fingerprint density at radius 2 is 1.74 bits per heavy atom. The smallest absolute Gasteiger partial charge is 0.227 e. The normalized spacial score (nSPS) is 22.3. The Balaban J connectivity index is 1.31. The first-order chi connectivity index (χ1) is 18.7. The maximum absolute atomic E-state index is 12.9. The second-order valence-corrected chi connectivity index (χ2v) is 10.3. The highest BCUT2D eigenvalue weighted by Gasteiger charge is 2.26. The van der Waals surface area contributed by atoms with Crippen molar-refractivity contribution in [3.8, 4) is 17.0 Å². The Hall–Kier alpha value is -3.49. The zero-order chi connectivity index (χ0) is 25.7. The molecule has 2 aromatic carbocycles. The van der Waals surface area contributed by atoms with E-state index in [1.807, 2.05) is 30.3 Å². The Morgan fingerprint density at radius 3 is 2.55 bits per heavy atom. The van der Waals surface area contributed by atoms with Gasteiger partial charge in [0.1, 0.15) is 11.5 Å². The van der Waals surface area contributed by atoms with E-state index < -0.39 is 0 Å². The molecular formula is C30H35N5O3. The fourth-order valence-corrected chi connectivity index (χ4v) is 5.63. The maximum Gasteiger partial charge on any atom is 0.227 e. The molecule has 0 atom stereocenters. The highest BCUT2D eigenvalue weighted by atomic mass is 16.5. The van der Waals surface area contributed by atoms with Crippen LogP contribution in [0, 0.1) is 5.92 Å². The summed E-state index contributed by atoms with van der Waals surface area (Å²) in [6.07, 6.45) is 4.97. The Bertz CT molecular complexity index is 1250. The first kappa shape index (κ1) is 24.8. The highest BCUT2D eigenvalue weighted by Crippen LogP contribution is 2.30. The van der Waals surface area contributed by atoms with Crippen LogP contribution in [-0.4, -0.2) is 66.7 Å². The number of ketones is 1. The van der Waals surface area contributed by atoms with Crippen molar-refractivity contribution in [2.45, 2.75) is 32.2 Å². The maximum atomic E-state index is 12.9. The fourth-order valence-electron chi connectivity index (χ4n) is 5.63. The van der Waals surface area contributed by atoms with Crippen LogP contribution in [0.15, 0.2) is 54.7 Å². The van der Waals surface area contributed by atoms with Crippen LogP contribution in [0.1, 0.15) is 31.2 Å². The van der Waals surface area contributed by atoms with Crippen LogP contribution in [0.25, 0.3) is 11.3 Å². The van der Waals surface area contributed by atoms with E-state index in [1.165, 1.54) is 11.3 Å². The van der Waals surface area contributed by atoms with E-state index in [1.54, 1.807) is 6.20 Å². The van der Waals surface area contributed by atoms with Crippen LogP contribution in [0.4, 0.5) is 17.3 Å². The standard InChI is InChI=1S/C30H35N5O3/c36-29-2-1-17-38-26-6-3-22(4-7-26)27-9-12-31-30(33-27)32-25-5-8-28(35-15-18-37-19-16-35)24(20-25)21-34-13-10-23(29)11-14-34/h3-9,12,20,23H,1-2,10-11,13-19,21H2,(H,31,32,33). The summed E-state index contributed by atoms with van der Waals surface area (Å²) in [5.74, 6) is 1.92. The molecule has 3 aromatic rings. The molecule has 6 aliphatic heterocycles. The molecule has 8 bridgehead atoms. The van der Waals surface area contributed by atoms with E-state index in [4.69, 9.17) is 14.5 Å². The van der Waals surface area contributed by atoms with Gasteiger partial charge >= 0.3 is 0 Å². The number of aromatic nitrogens is 2. The summed E-state index contributed by atoms with van der Waals surface area (Å²) in [6, 6.07) is 16.4. The van der Waals surface area contributed by atoms with Crippen molar-refractivity contribution in [2.75, 3.05) is 56.2 Å². The monoisotopic (exact) mass is 513 g/mol. The number of anilines is 3. The van der Waals surface area contributed by atoms with Gasteiger partial charge in [-0.2, -0.15) is 0 Å². The first-order valence-corrected chi connectivity index (χ1v) is 13.8. The van der Waals surface area contributed by atoms with Crippen molar-refractivity contribution in [2.24, 2.45) is 5.92 Å². The van der Waals surface area contributed by atoms with Gasteiger partial charge in [-0.1, -0.05) is 0 Å². The van der Waals surface area contributed by atoms with Crippen molar-refractivity contribution >= 4 is 23.1 Å². The largest absolute Gasteiger partial charge is 0.494 e. The molecule has 0 unspecified atom stereocenters. The number of carbonyl (C=O) groups is 1. The number of nitrogens with one attached hydrogen (secondary N) is 1. The van der Waals surface area contributed by atoms with Gasteiger partial charge in [-0.05, 0) is 86.4 Å². The number of carbonyl (C=O) groups excluding carboxylic acids is 1. The van der Waals surface area contributed by atoms with Crippen molar-refractivity contribution in [1.82, 2.24) is 14.9 Å². The van der Waals surface area contributed by atoms with Crippen molar-refractivity contribution in [3.63, 3.8) is 0 Å². The average Bonchev–Trinajstić information content (AvgIpc) is 2.96. The predicted molar refractivity (Wildman–Crippen MR) is 148 cm³/mol. The molecule has 0 radical (unpaired) electrons. The molecule has 0 amide bonds. The quantitative estimate of drug-likeness (QED) is 0.503. The van der Waals surface area contributed by atoms with Gasteiger partial charge in [0.25, 0.3) is 0 Å². The van der Waals surface area contributed by atoms with E-state index in [9.17, 15) is 4.79 Å². The summed E-state index contributed by atoms with van der Waals surface area (Å²) in [5, 5.41) is 3.43. The molecule has 38 heavy (non-hydrogen) atoms. The van der Waals surface area contributed by atoms with E-state index in [-0.39, 0.29) is 5.92 Å². The molecule has 9 rings (SSSR count). The van der Waals surface area contributed by atoms with Gasteiger partial charge < -0.3 is 19.7 Å². The lowest BCUT2D eigenvalue weighted by Crippen LogP contribution is -2.38. The second-order valence-electron chi connectivity index (χ2n) is 10.3. The molecule has 7 heterocycles. The fraction of sp³-hybridized carbons (Fsp3) is 0.433. The molecule has 8 heteroatoms. The van der Waals surface area contributed by atoms with Crippen LogP contribution in [0.2, 0.25) is 0 Å². The molecular weight excluding hydrogens is 478 g/mol. The second kappa shape index (κ2) is 11.5. The molecule has 0 saturated carbocycles. The Labute approximate surface area is 224 Å². The number of nitrogens with zero attached hydrogens (tertiary/aromatic N) is 4. The summed E-state index contributed by atoms with van der Waals surface area (Å²) in [6.45, 7) is 6.55. The number of piperidine rings is 1. The van der Waals surface area contributed by atoms with Crippen LogP contribution >= 0.6 is 0 Å². The number of rotatable bonds is 1. The topological polar surface area (TPSA) is 79.8 Å². The number of hydrogen-bond donors (Lipinski definition) is 1. The predicted octanol–water partition coefficient (Wildman–Crippen LogP) is 4.68. The SMILES string of the molecule is O=C1CCCOc2ccc(cc2)-c2ccnc(n2)Nc2ccc(N3CCOCC3)c(c2)CN2CCC1CC2. The number of Topliss-reactive ketones (excluding diaryl/α,β-unsaturated/α-hetero) is 1. The highest BCUT2D eigenvalue weighted by molar-refractivity contribution is 5.81. The van der Waals surface area contributed by atoms with Gasteiger partial charge in [0.05, 0.1) is 25.5 Å². The van der Waals surface area contributed by atoms with Gasteiger partial charge in [0.2, 0.25) is 5.95 Å². The minimum atomic E-state index is 0.162. The lowest BCUT2D eigenvalue weighted by Gasteiger charge is -2.34. The van der Waals surface area contributed by atoms with Crippen LogP contribution in [0.5, 0.6) is 5.75 Å². The van der Waals surface area contributed by atoms with E-state index >= 15 is 0 Å². The molecule has 8 nitrogen and oxygen atoms in total. The molecule has 2 fully saturated rings. The summed E-state index contributed by atoms with van der Waals surface area (Å²) in [7, 11) is 0. The first-order valence-electron chi connectivity index (χ1n) is 13.8. The average molecular weight is 514 g/mol. The molecule has 0 spiro atoms. The Morgan fingerprint density at radius 1 is 0.921 bits per heavy atom. The summed E-state index contributed by atoms with van der Waals surface area (Å²) >= 11 is 0. The van der Waals surface area contributed by atoms with Crippen LogP contribution in [-0.2, 0) is 16.1 Å². The molecule has 6 aliphatic rings. The van der Waals surface area contributed by atoms with Crippen LogP contribution in [0.3, 0.4) is 0 Å². The van der Waals surface area contributed by atoms with Gasteiger partial charge in [0, 0.05) is 55.1 Å². The number of morpholine rings is 1. The molecule has 2 saturated heterocycles. The zero-order valence-electron chi connectivity index (χ0n) is 21.8. The lowest BCUT2D eigenvalue weighted by molar-refractivity contribution is -0.124.